The fraction of sp³-hybridized carbons (Fsp3) is 0.800. The molecule has 0 aromatic carbocycles. The molecule has 0 spiro atoms. The summed E-state index contributed by atoms with van der Waals surface area (Å²) in [6.07, 6.45) is 24.8. The average Bonchev–Trinajstić information content (AvgIpc) is 3.25. The number of rotatable bonds is 2. The van der Waals surface area contributed by atoms with Gasteiger partial charge in [0.2, 0.25) is 0 Å². The molecule has 3 heteroatoms. The number of aromatic nitrogens is 2. The molecule has 0 atom stereocenters. The summed E-state index contributed by atoms with van der Waals surface area (Å²) in [6, 6.07) is 2.41. The standard InChI is InChI=1S/C30H48N2S/c1-30(2,3)26-22-25-28(33-26)27(23-18-14-10-6-4-5-7-11-15-19-23)32-29(31-25)24-20-16-12-8-9-13-17-21-24/h22-24H,4-21H2,1-3H3. The molecule has 2 aliphatic carbocycles. The predicted octanol–water partition coefficient (Wildman–Crippen LogP) is 10.2. The molecular weight excluding hydrogens is 420 g/mol. The minimum absolute atomic E-state index is 0.176. The number of hydrogen-bond acceptors (Lipinski definition) is 3. The largest absolute Gasteiger partial charge is 0.236 e. The van der Waals surface area contributed by atoms with E-state index in [1.165, 1.54) is 142 Å². The molecule has 2 heterocycles. The van der Waals surface area contributed by atoms with Gasteiger partial charge >= 0.3 is 0 Å². The van der Waals surface area contributed by atoms with Crippen molar-refractivity contribution in [2.45, 2.75) is 154 Å². The summed E-state index contributed by atoms with van der Waals surface area (Å²) in [7, 11) is 0. The zero-order valence-electron chi connectivity index (χ0n) is 21.8. The van der Waals surface area contributed by atoms with Crippen LogP contribution >= 0.6 is 11.3 Å². The Morgan fingerprint density at radius 3 is 1.58 bits per heavy atom. The monoisotopic (exact) mass is 468 g/mol. The lowest BCUT2D eigenvalue weighted by atomic mass is 9.90. The lowest BCUT2D eigenvalue weighted by Gasteiger charge is -2.21. The first-order valence-electron chi connectivity index (χ1n) is 14.3. The van der Waals surface area contributed by atoms with E-state index < -0.39 is 0 Å². The Bertz CT molecular complexity index is 840. The van der Waals surface area contributed by atoms with Gasteiger partial charge in [0.25, 0.3) is 0 Å². The van der Waals surface area contributed by atoms with Crippen molar-refractivity contribution >= 4 is 21.6 Å². The minimum Gasteiger partial charge on any atom is -0.236 e. The zero-order chi connectivity index (χ0) is 23.1. The van der Waals surface area contributed by atoms with Crippen molar-refractivity contribution in [2.24, 2.45) is 0 Å². The van der Waals surface area contributed by atoms with Gasteiger partial charge in [-0.1, -0.05) is 111 Å². The van der Waals surface area contributed by atoms with Gasteiger partial charge in [0.1, 0.15) is 5.82 Å². The molecule has 0 bridgehead atoms. The van der Waals surface area contributed by atoms with Crippen molar-refractivity contribution < 1.29 is 0 Å². The van der Waals surface area contributed by atoms with E-state index in [9.17, 15) is 0 Å². The molecule has 0 aliphatic heterocycles. The number of nitrogens with zero attached hydrogens (tertiary/aromatic N) is 2. The summed E-state index contributed by atoms with van der Waals surface area (Å²) in [5.74, 6) is 2.37. The molecule has 4 rings (SSSR count). The smallest absolute Gasteiger partial charge is 0.132 e. The van der Waals surface area contributed by atoms with E-state index in [1.54, 1.807) is 0 Å². The second-order valence-electron chi connectivity index (χ2n) is 12.0. The minimum atomic E-state index is 0.176. The Labute approximate surface area is 207 Å². The van der Waals surface area contributed by atoms with Crippen molar-refractivity contribution in [3.8, 4) is 0 Å². The highest BCUT2D eigenvalue weighted by Crippen LogP contribution is 2.41. The van der Waals surface area contributed by atoms with Gasteiger partial charge in [-0.15, -0.1) is 11.3 Å². The highest BCUT2D eigenvalue weighted by Gasteiger charge is 2.26. The van der Waals surface area contributed by atoms with Crippen LogP contribution in [0.25, 0.3) is 10.2 Å². The summed E-state index contributed by atoms with van der Waals surface area (Å²) in [4.78, 5) is 12.2. The van der Waals surface area contributed by atoms with Crippen LogP contribution < -0.4 is 0 Å². The maximum absolute atomic E-state index is 5.50. The van der Waals surface area contributed by atoms with E-state index in [-0.39, 0.29) is 5.41 Å². The molecule has 0 radical (unpaired) electrons. The summed E-state index contributed by atoms with van der Waals surface area (Å²) in [5, 5.41) is 0. The lowest BCUT2D eigenvalue weighted by molar-refractivity contribution is 0.491. The molecule has 2 aromatic rings. The lowest BCUT2D eigenvalue weighted by Crippen LogP contribution is -2.10. The van der Waals surface area contributed by atoms with Crippen LogP contribution in [-0.4, -0.2) is 9.97 Å². The van der Waals surface area contributed by atoms with Crippen LogP contribution in [0.3, 0.4) is 0 Å². The molecule has 33 heavy (non-hydrogen) atoms. The van der Waals surface area contributed by atoms with Crippen LogP contribution in [0.1, 0.15) is 165 Å². The Morgan fingerprint density at radius 1 is 0.636 bits per heavy atom. The van der Waals surface area contributed by atoms with Gasteiger partial charge in [-0.2, -0.15) is 0 Å². The van der Waals surface area contributed by atoms with Crippen molar-refractivity contribution in [1.29, 1.82) is 0 Å². The Kier molecular flexibility index (Phi) is 9.25. The van der Waals surface area contributed by atoms with Gasteiger partial charge in [-0.25, -0.2) is 9.97 Å². The summed E-state index contributed by atoms with van der Waals surface area (Å²) in [5.41, 5.74) is 2.85. The Hall–Kier alpha value is -0.960. The van der Waals surface area contributed by atoms with Gasteiger partial charge in [-0.3, -0.25) is 0 Å². The normalized spacial score (nSPS) is 21.8. The van der Waals surface area contributed by atoms with Gasteiger partial charge < -0.3 is 0 Å². The molecule has 2 saturated carbocycles. The molecular formula is C30H48N2S. The summed E-state index contributed by atoms with van der Waals surface area (Å²) >= 11 is 1.99. The van der Waals surface area contributed by atoms with Crippen LogP contribution in [-0.2, 0) is 5.41 Å². The Balaban J connectivity index is 1.71. The van der Waals surface area contributed by atoms with Gasteiger partial charge in [0, 0.05) is 16.7 Å². The molecule has 184 valence electrons. The van der Waals surface area contributed by atoms with E-state index in [0.29, 0.717) is 11.8 Å². The number of hydrogen-bond donors (Lipinski definition) is 0. The van der Waals surface area contributed by atoms with Crippen molar-refractivity contribution in [1.82, 2.24) is 9.97 Å². The second-order valence-corrected chi connectivity index (χ2v) is 13.1. The predicted molar refractivity (Wildman–Crippen MR) is 145 cm³/mol. The van der Waals surface area contributed by atoms with Crippen molar-refractivity contribution in [3.63, 3.8) is 0 Å². The summed E-state index contributed by atoms with van der Waals surface area (Å²) < 4.78 is 1.41. The van der Waals surface area contributed by atoms with Crippen LogP contribution in [0.15, 0.2) is 6.07 Å². The van der Waals surface area contributed by atoms with E-state index in [2.05, 4.69) is 26.8 Å². The van der Waals surface area contributed by atoms with Crippen molar-refractivity contribution in [2.75, 3.05) is 0 Å². The SMILES string of the molecule is CC(C)(C)c1cc2nc(C3CCCCCCCC3)nc(C3CCCCCCCCCC3)c2s1. The molecule has 2 fully saturated rings. The third-order valence-electron chi connectivity index (χ3n) is 8.12. The third kappa shape index (κ3) is 7.03. The van der Waals surface area contributed by atoms with Gasteiger partial charge in [0.15, 0.2) is 0 Å². The van der Waals surface area contributed by atoms with Gasteiger partial charge in [0.05, 0.1) is 15.9 Å². The fourth-order valence-electron chi connectivity index (χ4n) is 5.95. The second kappa shape index (κ2) is 12.1. The maximum atomic E-state index is 5.50. The van der Waals surface area contributed by atoms with E-state index in [0.717, 1.165) is 0 Å². The molecule has 0 amide bonds. The first kappa shape index (κ1) is 25.1. The molecule has 0 unspecified atom stereocenters. The zero-order valence-corrected chi connectivity index (χ0v) is 22.6. The first-order valence-corrected chi connectivity index (χ1v) is 15.2. The highest BCUT2D eigenvalue weighted by atomic mass is 32.1. The summed E-state index contributed by atoms with van der Waals surface area (Å²) in [6.45, 7) is 7.03. The average molecular weight is 469 g/mol. The quantitative estimate of drug-likeness (QED) is 0.438. The maximum Gasteiger partial charge on any atom is 0.132 e. The first-order chi connectivity index (χ1) is 16.0. The van der Waals surface area contributed by atoms with E-state index in [1.807, 2.05) is 11.3 Å². The topological polar surface area (TPSA) is 25.8 Å². The van der Waals surface area contributed by atoms with Crippen LogP contribution in [0.4, 0.5) is 0 Å². The molecule has 2 aliphatic rings. The van der Waals surface area contributed by atoms with Gasteiger partial charge in [-0.05, 0) is 37.2 Å². The molecule has 0 N–H and O–H groups in total. The molecule has 0 saturated heterocycles. The highest BCUT2D eigenvalue weighted by molar-refractivity contribution is 7.19. The number of fused-ring (bicyclic) bond motifs is 1. The van der Waals surface area contributed by atoms with E-state index >= 15 is 0 Å². The van der Waals surface area contributed by atoms with Crippen LogP contribution in [0.5, 0.6) is 0 Å². The third-order valence-corrected chi connectivity index (χ3v) is 9.69. The molecule has 2 nitrogen and oxygen atoms in total. The molecule has 2 aromatic heterocycles. The van der Waals surface area contributed by atoms with Crippen LogP contribution in [0, 0.1) is 0 Å². The number of thiophene rings is 1. The van der Waals surface area contributed by atoms with Crippen molar-refractivity contribution in [3.05, 3.63) is 22.5 Å². The van der Waals surface area contributed by atoms with E-state index in [4.69, 9.17) is 9.97 Å². The fourth-order valence-corrected chi connectivity index (χ4v) is 7.17. The van der Waals surface area contributed by atoms with Crippen LogP contribution in [0.2, 0.25) is 0 Å². The Morgan fingerprint density at radius 2 is 1.09 bits per heavy atom.